The fourth-order valence-electron chi connectivity index (χ4n) is 2.04. The Balaban J connectivity index is 2.45. The summed E-state index contributed by atoms with van der Waals surface area (Å²) in [7, 11) is 6.28. The zero-order valence-electron chi connectivity index (χ0n) is 11.8. The van der Waals surface area contributed by atoms with Crippen molar-refractivity contribution in [2.24, 2.45) is 13.0 Å². The maximum atomic E-state index is 4.13. The summed E-state index contributed by atoms with van der Waals surface area (Å²) in [6.45, 7) is 6.51. The molecule has 1 aromatic rings. The first-order chi connectivity index (χ1) is 7.99. The zero-order chi connectivity index (χ0) is 12.8. The largest absolute Gasteiger partial charge is 0.337 e. The molecule has 0 amide bonds. The Labute approximate surface area is 105 Å². The van der Waals surface area contributed by atoms with E-state index < -0.39 is 0 Å². The van der Waals surface area contributed by atoms with E-state index in [1.807, 2.05) is 19.6 Å². The molecule has 0 aromatic carbocycles. The molecule has 0 bridgehead atoms. The van der Waals surface area contributed by atoms with Crippen LogP contribution in [0.15, 0.2) is 12.5 Å². The van der Waals surface area contributed by atoms with Crippen LogP contribution in [0, 0.1) is 5.92 Å². The molecule has 1 N–H and O–H groups in total. The van der Waals surface area contributed by atoms with Crippen LogP contribution in [-0.4, -0.2) is 41.1 Å². The van der Waals surface area contributed by atoms with Gasteiger partial charge in [-0.05, 0) is 26.4 Å². The number of hydrogen-bond acceptors (Lipinski definition) is 3. The fraction of sp³-hybridized carbons (Fsp3) is 0.769. The molecular formula is C13H26N4. The van der Waals surface area contributed by atoms with Gasteiger partial charge in [0.1, 0.15) is 0 Å². The van der Waals surface area contributed by atoms with Gasteiger partial charge in [-0.2, -0.15) is 0 Å². The molecule has 0 aliphatic carbocycles. The average molecular weight is 238 g/mol. The Hall–Kier alpha value is -0.870. The molecule has 0 aliphatic heterocycles. The third kappa shape index (κ3) is 5.33. The van der Waals surface area contributed by atoms with Crippen molar-refractivity contribution >= 4 is 0 Å². The van der Waals surface area contributed by atoms with Crippen LogP contribution < -0.4 is 5.32 Å². The Morgan fingerprint density at radius 3 is 2.59 bits per heavy atom. The topological polar surface area (TPSA) is 33.1 Å². The molecule has 1 heterocycles. The predicted octanol–water partition coefficient (Wildman–Crippen LogP) is 1.49. The van der Waals surface area contributed by atoms with Gasteiger partial charge < -0.3 is 14.8 Å². The van der Waals surface area contributed by atoms with Crippen LogP contribution in [0.1, 0.15) is 26.0 Å². The number of imidazole rings is 1. The molecular weight excluding hydrogens is 212 g/mol. The Morgan fingerprint density at radius 2 is 2.12 bits per heavy atom. The fourth-order valence-corrected chi connectivity index (χ4v) is 2.04. The van der Waals surface area contributed by atoms with E-state index in [0.29, 0.717) is 6.04 Å². The smallest absolute Gasteiger partial charge is 0.0945 e. The number of rotatable bonds is 7. The molecule has 0 aliphatic rings. The van der Waals surface area contributed by atoms with Gasteiger partial charge in [0.25, 0.3) is 0 Å². The SMILES string of the molecule is CC(C)CC(CN(C)C)NCc1cncn1C. The highest BCUT2D eigenvalue weighted by Gasteiger charge is 2.12. The molecule has 17 heavy (non-hydrogen) atoms. The summed E-state index contributed by atoms with van der Waals surface area (Å²) in [5.74, 6) is 0.721. The van der Waals surface area contributed by atoms with Crippen molar-refractivity contribution in [2.45, 2.75) is 32.9 Å². The summed E-state index contributed by atoms with van der Waals surface area (Å²) < 4.78 is 2.06. The maximum absolute atomic E-state index is 4.13. The van der Waals surface area contributed by atoms with Crippen LogP contribution in [0.4, 0.5) is 0 Å². The predicted molar refractivity (Wildman–Crippen MR) is 71.8 cm³/mol. The maximum Gasteiger partial charge on any atom is 0.0945 e. The minimum Gasteiger partial charge on any atom is -0.337 e. The molecule has 4 heteroatoms. The van der Waals surface area contributed by atoms with E-state index in [0.717, 1.165) is 19.0 Å². The number of aromatic nitrogens is 2. The van der Waals surface area contributed by atoms with E-state index in [2.05, 4.69) is 47.7 Å². The highest BCUT2D eigenvalue weighted by Crippen LogP contribution is 2.07. The first-order valence-corrected chi connectivity index (χ1v) is 6.32. The van der Waals surface area contributed by atoms with Crippen LogP contribution in [0.3, 0.4) is 0 Å². The Bertz CT molecular complexity index is 307. The lowest BCUT2D eigenvalue weighted by Gasteiger charge is -2.24. The van der Waals surface area contributed by atoms with Crippen LogP contribution in [0.25, 0.3) is 0 Å². The van der Waals surface area contributed by atoms with Crippen molar-refractivity contribution in [3.8, 4) is 0 Å². The first kappa shape index (κ1) is 14.2. The van der Waals surface area contributed by atoms with Gasteiger partial charge in [0.15, 0.2) is 0 Å². The van der Waals surface area contributed by atoms with Crippen molar-refractivity contribution in [1.82, 2.24) is 19.8 Å². The molecule has 1 aromatic heterocycles. The number of nitrogens with zero attached hydrogens (tertiary/aromatic N) is 3. The van der Waals surface area contributed by atoms with Gasteiger partial charge in [-0.3, -0.25) is 0 Å². The van der Waals surface area contributed by atoms with Gasteiger partial charge in [-0.15, -0.1) is 0 Å². The van der Waals surface area contributed by atoms with E-state index in [1.54, 1.807) is 0 Å². The average Bonchev–Trinajstić information content (AvgIpc) is 2.59. The van der Waals surface area contributed by atoms with Gasteiger partial charge in [-0.1, -0.05) is 13.8 Å². The van der Waals surface area contributed by atoms with Crippen molar-refractivity contribution in [3.63, 3.8) is 0 Å². The molecule has 0 fully saturated rings. The van der Waals surface area contributed by atoms with Crippen LogP contribution >= 0.6 is 0 Å². The lowest BCUT2D eigenvalue weighted by atomic mass is 10.0. The number of aryl methyl sites for hydroxylation is 1. The highest BCUT2D eigenvalue weighted by molar-refractivity contribution is 4.97. The third-order valence-electron chi connectivity index (χ3n) is 2.83. The number of hydrogen-bond donors (Lipinski definition) is 1. The zero-order valence-corrected chi connectivity index (χ0v) is 11.8. The van der Waals surface area contributed by atoms with E-state index in [-0.39, 0.29) is 0 Å². The number of likely N-dealkylation sites (N-methyl/N-ethyl adjacent to an activating group) is 1. The van der Waals surface area contributed by atoms with Crippen LogP contribution in [-0.2, 0) is 13.6 Å². The van der Waals surface area contributed by atoms with Crippen molar-refractivity contribution in [1.29, 1.82) is 0 Å². The summed E-state index contributed by atoms with van der Waals surface area (Å²) in [6.07, 6.45) is 4.98. The van der Waals surface area contributed by atoms with Gasteiger partial charge >= 0.3 is 0 Å². The summed E-state index contributed by atoms with van der Waals surface area (Å²) in [6, 6.07) is 0.542. The lowest BCUT2D eigenvalue weighted by molar-refractivity contribution is 0.303. The van der Waals surface area contributed by atoms with Crippen molar-refractivity contribution in [2.75, 3.05) is 20.6 Å². The normalized spacial score (nSPS) is 13.6. The lowest BCUT2D eigenvalue weighted by Crippen LogP contribution is -2.39. The molecule has 1 rings (SSSR count). The minimum atomic E-state index is 0.542. The Morgan fingerprint density at radius 1 is 1.41 bits per heavy atom. The molecule has 0 radical (unpaired) electrons. The molecule has 0 saturated heterocycles. The van der Waals surface area contributed by atoms with E-state index in [1.165, 1.54) is 12.1 Å². The quantitative estimate of drug-likeness (QED) is 0.781. The van der Waals surface area contributed by atoms with E-state index >= 15 is 0 Å². The number of nitrogens with one attached hydrogen (secondary N) is 1. The molecule has 0 saturated carbocycles. The second kappa shape index (κ2) is 6.77. The molecule has 1 unspecified atom stereocenters. The molecule has 1 atom stereocenters. The highest BCUT2D eigenvalue weighted by atomic mass is 15.1. The molecule has 4 nitrogen and oxygen atoms in total. The summed E-state index contributed by atoms with van der Waals surface area (Å²) >= 11 is 0. The van der Waals surface area contributed by atoms with E-state index in [9.17, 15) is 0 Å². The second-order valence-corrected chi connectivity index (χ2v) is 5.47. The second-order valence-electron chi connectivity index (χ2n) is 5.47. The summed E-state index contributed by atoms with van der Waals surface area (Å²) in [5.41, 5.74) is 1.23. The van der Waals surface area contributed by atoms with E-state index in [4.69, 9.17) is 0 Å². The van der Waals surface area contributed by atoms with Crippen molar-refractivity contribution in [3.05, 3.63) is 18.2 Å². The van der Waals surface area contributed by atoms with Gasteiger partial charge in [-0.25, -0.2) is 4.98 Å². The van der Waals surface area contributed by atoms with Gasteiger partial charge in [0.2, 0.25) is 0 Å². The summed E-state index contributed by atoms with van der Waals surface area (Å²) in [4.78, 5) is 6.37. The summed E-state index contributed by atoms with van der Waals surface area (Å²) in [5, 5.41) is 3.62. The van der Waals surface area contributed by atoms with Crippen molar-refractivity contribution < 1.29 is 0 Å². The van der Waals surface area contributed by atoms with Crippen LogP contribution in [0.2, 0.25) is 0 Å². The van der Waals surface area contributed by atoms with Crippen LogP contribution in [0.5, 0.6) is 0 Å². The Kier molecular flexibility index (Phi) is 5.65. The standard InChI is InChI=1S/C13H26N4/c1-11(2)6-12(9-16(3)4)15-8-13-7-14-10-17(13)5/h7,10-12,15H,6,8-9H2,1-5H3. The molecule has 0 spiro atoms. The van der Waals surface area contributed by atoms with Gasteiger partial charge in [0.05, 0.1) is 12.0 Å². The monoisotopic (exact) mass is 238 g/mol. The third-order valence-corrected chi connectivity index (χ3v) is 2.83. The molecule has 98 valence electrons. The first-order valence-electron chi connectivity index (χ1n) is 6.32. The minimum absolute atomic E-state index is 0.542. The van der Waals surface area contributed by atoms with Gasteiger partial charge in [0, 0.05) is 32.4 Å².